The van der Waals surface area contributed by atoms with E-state index in [1.807, 2.05) is 13.0 Å². The van der Waals surface area contributed by atoms with Crippen molar-refractivity contribution in [2.24, 2.45) is 0 Å². The van der Waals surface area contributed by atoms with Crippen molar-refractivity contribution in [2.45, 2.75) is 25.2 Å². The van der Waals surface area contributed by atoms with Crippen LogP contribution in [0.5, 0.6) is 0 Å². The van der Waals surface area contributed by atoms with E-state index in [9.17, 15) is 9.18 Å². The van der Waals surface area contributed by atoms with Gasteiger partial charge < -0.3 is 5.32 Å². The molecular formula is C11H10FNO. The van der Waals surface area contributed by atoms with E-state index in [0.29, 0.717) is 5.69 Å². The van der Waals surface area contributed by atoms with Crippen molar-refractivity contribution < 1.29 is 9.18 Å². The molecule has 2 nitrogen and oxygen atoms in total. The molecule has 1 aromatic carbocycles. The Morgan fingerprint density at radius 3 is 2.79 bits per heavy atom. The Hall–Kier alpha value is -1.38. The van der Waals surface area contributed by atoms with Gasteiger partial charge in [0.1, 0.15) is 5.82 Å². The molecule has 72 valence electrons. The zero-order chi connectivity index (χ0) is 9.92. The standard InChI is InChI=1S/C11H10FNO/c1-6-4-7-9(8(12)5-6)13-10(14)11(7)2-3-11/h4-5H,2-3H2,1H3,(H,13,14). The lowest BCUT2D eigenvalue weighted by atomic mass is 9.96. The number of benzene rings is 1. The smallest absolute Gasteiger partial charge is 0.235 e. The van der Waals surface area contributed by atoms with Gasteiger partial charge in [-0.2, -0.15) is 0 Å². The maximum absolute atomic E-state index is 13.5. The van der Waals surface area contributed by atoms with E-state index in [-0.39, 0.29) is 17.1 Å². The average Bonchev–Trinajstić information content (AvgIpc) is 2.84. The molecule has 1 spiro atoms. The Kier molecular flexibility index (Phi) is 1.23. The van der Waals surface area contributed by atoms with Gasteiger partial charge in [-0.25, -0.2) is 4.39 Å². The predicted octanol–water partition coefficient (Wildman–Crippen LogP) is 2.12. The van der Waals surface area contributed by atoms with Crippen LogP contribution >= 0.6 is 0 Å². The van der Waals surface area contributed by atoms with Crippen LogP contribution in [0.2, 0.25) is 0 Å². The Labute approximate surface area is 81.1 Å². The average molecular weight is 191 g/mol. The third-order valence-corrected chi connectivity index (χ3v) is 3.17. The van der Waals surface area contributed by atoms with Gasteiger partial charge in [-0.15, -0.1) is 0 Å². The van der Waals surface area contributed by atoms with E-state index in [0.717, 1.165) is 24.0 Å². The highest BCUT2D eigenvalue weighted by Gasteiger charge is 2.56. The number of halogens is 1. The van der Waals surface area contributed by atoms with Gasteiger partial charge in [-0.3, -0.25) is 4.79 Å². The zero-order valence-electron chi connectivity index (χ0n) is 7.86. The number of nitrogens with one attached hydrogen (secondary N) is 1. The first-order valence-corrected chi connectivity index (χ1v) is 4.75. The number of fused-ring (bicyclic) bond motifs is 2. The summed E-state index contributed by atoms with van der Waals surface area (Å²) in [5.41, 5.74) is 1.77. The molecule has 3 rings (SSSR count). The number of hydrogen-bond acceptors (Lipinski definition) is 1. The van der Waals surface area contributed by atoms with Crippen molar-refractivity contribution in [1.82, 2.24) is 0 Å². The van der Waals surface area contributed by atoms with Crippen LogP contribution in [0.25, 0.3) is 0 Å². The van der Waals surface area contributed by atoms with Crippen LogP contribution in [0.15, 0.2) is 12.1 Å². The first kappa shape index (κ1) is 7.97. The molecule has 1 N–H and O–H groups in total. The van der Waals surface area contributed by atoms with Gasteiger partial charge in [0, 0.05) is 0 Å². The second-order valence-electron chi connectivity index (χ2n) is 4.21. The summed E-state index contributed by atoms with van der Waals surface area (Å²) >= 11 is 0. The van der Waals surface area contributed by atoms with Crippen molar-refractivity contribution in [3.05, 3.63) is 29.1 Å². The van der Waals surface area contributed by atoms with Gasteiger partial charge >= 0.3 is 0 Å². The number of aryl methyl sites for hydroxylation is 1. The second-order valence-corrected chi connectivity index (χ2v) is 4.21. The van der Waals surface area contributed by atoms with Gasteiger partial charge in [0.15, 0.2) is 0 Å². The summed E-state index contributed by atoms with van der Waals surface area (Å²) in [5.74, 6) is -0.339. The molecule has 14 heavy (non-hydrogen) atoms. The molecule has 1 heterocycles. The summed E-state index contributed by atoms with van der Waals surface area (Å²) in [6.45, 7) is 1.85. The fourth-order valence-corrected chi connectivity index (χ4v) is 2.22. The van der Waals surface area contributed by atoms with Crippen LogP contribution in [0, 0.1) is 12.7 Å². The minimum atomic E-state index is -0.373. The summed E-state index contributed by atoms with van der Waals surface area (Å²) in [6.07, 6.45) is 1.71. The topological polar surface area (TPSA) is 29.1 Å². The molecular weight excluding hydrogens is 181 g/mol. The number of hydrogen-bond donors (Lipinski definition) is 1. The largest absolute Gasteiger partial charge is 0.323 e. The number of anilines is 1. The first-order chi connectivity index (χ1) is 6.63. The highest BCUT2D eigenvalue weighted by molar-refractivity contribution is 6.08. The SMILES string of the molecule is Cc1cc(F)c2c(c1)C1(CC1)C(=O)N2. The van der Waals surface area contributed by atoms with Gasteiger partial charge in [0.25, 0.3) is 0 Å². The van der Waals surface area contributed by atoms with Crippen LogP contribution in [0.4, 0.5) is 10.1 Å². The van der Waals surface area contributed by atoms with Crippen molar-refractivity contribution in [3.8, 4) is 0 Å². The minimum Gasteiger partial charge on any atom is -0.323 e. The first-order valence-electron chi connectivity index (χ1n) is 4.75. The zero-order valence-corrected chi connectivity index (χ0v) is 7.86. The molecule has 0 saturated heterocycles. The van der Waals surface area contributed by atoms with Crippen LogP contribution in [0.3, 0.4) is 0 Å². The Bertz CT molecular complexity index is 449. The number of carbonyl (C=O) groups is 1. The van der Waals surface area contributed by atoms with Crippen LogP contribution in [-0.4, -0.2) is 5.91 Å². The lowest BCUT2D eigenvalue weighted by Crippen LogP contribution is -2.18. The lowest BCUT2D eigenvalue weighted by Gasteiger charge is -2.05. The fraction of sp³-hybridized carbons (Fsp3) is 0.364. The third-order valence-electron chi connectivity index (χ3n) is 3.17. The summed E-state index contributed by atoms with van der Waals surface area (Å²) < 4.78 is 13.5. The fourth-order valence-electron chi connectivity index (χ4n) is 2.22. The number of rotatable bonds is 0. The molecule has 1 saturated carbocycles. The van der Waals surface area contributed by atoms with E-state index >= 15 is 0 Å². The highest BCUT2D eigenvalue weighted by Crippen LogP contribution is 2.55. The summed E-state index contributed by atoms with van der Waals surface area (Å²) in [4.78, 5) is 11.6. The minimum absolute atomic E-state index is 0.0306. The normalized spacial score (nSPS) is 20.9. The third kappa shape index (κ3) is 0.775. The summed E-state index contributed by atoms with van der Waals surface area (Å²) in [6, 6.07) is 3.38. The van der Waals surface area contributed by atoms with E-state index in [2.05, 4.69) is 5.32 Å². The number of amides is 1. The van der Waals surface area contributed by atoms with Crippen molar-refractivity contribution >= 4 is 11.6 Å². The van der Waals surface area contributed by atoms with Crippen LogP contribution < -0.4 is 5.32 Å². The molecule has 3 heteroatoms. The van der Waals surface area contributed by atoms with E-state index in [1.54, 1.807) is 0 Å². The van der Waals surface area contributed by atoms with E-state index < -0.39 is 0 Å². The Balaban J connectivity index is 2.28. The quantitative estimate of drug-likeness (QED) is 0.668. The van der Waals surface area contributed by atoms with Crippen molar-refractivity contribution in [2.75, 3.05) is 5.32 Å². The molecule has 1 amide bonds. The Morgan fingerprint density at radius 2 is 2.14 bits per heavy atom. The van der Waals surface area contributed by atoms with Gasteiger partial charge in [-0.1, -0.05) is 6.07 Å². The second kappa shape index (κ2) is 2.16. The van der Waals surface area contributed by atoms with Gasteiger partial charge in [0.05, 0.1) is 11.1 Å². The summed E-state index contributed by atoms with van der Waals surface area (Å²) in [7, 11) is 0. The molecule has 0 unspecified atom stereocenters. The predicted molar refractivity (Wildman–Crippen MR) is 50.7 cm³/mol. The number of carbonyl (C=O) groups excluding carboxylic acids is 1. The molecule has 0 atom stereocenters. The molecule has 0 aromatic heterocycles. The molecule has 2 aliphatic rings. The van der Waals surface area contributed by atoms with E-state index in [1.165, 1.54) is 6.07 Å². The monoisotopic (exact) mass is 191 g/mol. The molecule has 0 radical (unpaired) electrons. The van der Waals surface area contributed by atoms with E-state index in [4.69, 9.17) is 0 Å². The lowest BCUT2D eigenvalue weighted by molar-refractivity contribution is -0.117. The van der Waals surface area contributed by atoms with Crippen LogP contribution in [0.1, 0.15) is 24.0 Å². The molecule has 1 aromatic rings. The van der Waals surface area contributed by atoms with Gasteiger partial charge in [-0.05, 0) is 37.0 Å². The maximum atomic E-state index is 13.5. The maximum Gasteiger partial charge on any atom is 0.235 e. The molecule has 0 bridgehead atoms. The van der Waals surface area contributed by atoms with Crippen molar-refractivity contribution in [1.29, 1.82) is 0 Å². The Morgan fingerprint density at radius 1 is 1.43 bits per heavy atom. The van der Waals surface area contributed by atoms with Crippen LogP contribution in [-0.2, 0) is 10.2 Å². The van der Waals surface area contributed by atoms with Crippen molar-refractivity contribution in [3.63, 3.8) is 0 Å². The molecule has 1 aliphatic heterocycles. The molecule has 1 aliphatic carbocycles. The summed E-state index contributed by atoms with van der Waals surface area (Å²) in [5, 5.41) is 2.63. The molecule has 1 fully saturated rings. The highest BCUT2D eigenvalue weighted by atomic mass is 19.1. The van der Waals surface area contributed by atoms with Gasteiger partial charge in [0.2, 0.25) is 5.91 Å².